The van der Waals surface area contributed by atoms with Crippen molar-refractivity contribution in [2.45, 2.75) is 39.8 Å². The van der Waals surface area contributed by atoms with E-state index in [1.54, 1.807) is 12.1 Å². The molecule has 0 bridgehead atoms. The highest BCUT2D eigenvalue weighted by Crippen LogP contribution is 2.47. The highest BCUT2D eigenvalue weighted by molar-refractivity contribution is 6.20. The second-order valence-electron chi connectivity index (χ2n) is 11.1. The van der Waals surface area contributed by atoms with Gasteiger partial charge in [0.2, 0.25) is 0 Å². The average molecular weight is 537 g/mol. The van der Waals surface area contributed by atoms with E-state index in [0.29, 0.717) is 23.8 Å². The molecule has 202 valence electrons. The first-order chi connectivity index (χ1) is 19.3. The zero-order chi connectivity index (χ0) is 27.7. The third kappa shape index (κ3) is 3.76. The van der Waals surface area contributed by atoms with Crippen molar-refractivity contribution in [2.75, 3.05) is 10.6 Å². The van der Waals surface area contributed by atoms with Crippen LogP contribution in [0.1, 0.15) is 41.0 Å². The summed E-state index contributed by atoms with van der Waals surface area (Å²) in [7, 11) is 1.92. The Bertz CT molecular complexity index is 1880. The number of nitrogens with zero attached hydrogens (tertiary/aromatic N) is 3. The quantitative estimate of drug-likeness (QED) is 0.264. The smallest absolute Gasteiger partial charge is 0.323 e. The van der Waals surface area contributed by atoms with Crippen LogP contribution in [0.5, 0.6) is 0 Å². The van der Waals surface area contributed by atoms with E-state index < -0.39 is 11.8 Å². The van der Waals surface area contributed by atoms with Crippen molar-refractivity contribution < 1.29 is 14.0 Å². The number of carbonyl (C=O) groups is 2. The van der Waals surface area contributed by atoms with Crippen molar-refractivity contribution in [3.05, 3.63) is 76.9 Å². The molecular formula is C31H29FN6O2. The van der Waals surface area contributed by atoms with Crippen LogP contribution in [-0.4, -0.2) is 26.3 Å². The molecule has 8 nitrogen and oxygen atoms in total. The maximum absolute atomic E-state index is 13.6. The van der Waals surface area contributed by atoms with Crippen molar-refractivity contribution in [1.29, 1.82) is 0 Å². The maximum atomic E-state index is 13.6. The molecule has 0 atom stereocenters. The molecule has 3 N–H and O–H groups in total. The number of aryl methyl sites for hydroxylation is 3. The second-order valence-corrected chi connectivity index (χ2v) is 11.1. The molecule has 0 fully saturated rings. The lowest BCUT2D eigenvalue weighted by Gasteiger charge is -2.22. The zero-order valence-electron chi connectivity index (χ0n) is 22.6. The molecule has 0 spiro atoms. The third-order valence-electron chi connectivity index (χ3n) is 7.83. The van der Waals surface area contributed by atoms with E-state index in [-0.39, 0.29) is 5.91 Å². The summed E-state index contributed by atoms with van der Waals surface area (Å²) in [6, 6.07) is 11.2. The van der Waals surface area contributed by atoms with E-state index in [1.165, 1.54) is 17.7 Å². The molecule has 2 aliphatic rings. The number of anilines is 2. The van der Waals surface area contributed by atoms with Gasteiger partial charge in [0.25, 0.3) is 5.91 Å². The summed E-state index contributed by atoms with van der Waals surface area (Å²) >= 11 is 0. The first-order valence-corrected chi connectivity index (χ1v) is 13.6. The average Bonchev–Trinajstić information content (AvgIpc) is 3.56. The summed E-state index contributed by atoms with van der Waals surface area (Å²) in [5.41, 5.74) is 9.19. The summed E-state index contributed by atoms with van der Waals surface area (Å²) in [5, 5.41) is 15.4. The molecule has 1 aliphatic heterocycles. The van der Waals surface area contributed by atoms with E-state index in [1.807, 2.05) is 36.1 Å². The lowest BCUT2D eigenvalue weighted by atomic mass is 9.82. The third-order valence-corrected chi connectivity index (χ3v) is 7.83. The van der Waals surface area contributed by atoms with Gasteiger partial charge in [0, 0.05) is 65.1 Å². The Balaban J connectivity index is 1.43. The lowest BCUT2D eigenvalue weighted by Crippen LogP contribution is -2.19. The van der Waals surface area contributed by atoms with Crippen LogP contribution in [0.25, 0.3) is 32.9 Å². The van der Waals surface area contributed by atoms with E-state index in [0.717, 1.165) is 69.1 Å². The zero-order valence-corrected chi connectivity index (χ0v) is 22.6. The summed E-state index contributed by atoms with van der Waals surface area (Å²) < 4.78 is 17.8. The largest absolute Gasteiger partial charge is 0.348 e. The van der Waals surface area contributed by atoms with Gasteiger partial charge < -0.3 is 20.5 Å². The highest BCUT2D eigenvalue weighted by Gasteiger charge is 2.35. The van der Waals surface area contributed by atoms with E-state index in [9.17, 15) is 14.0 Å². The van der Waals surface area contributed by atoms with Gasteiger partial charge in [0.15, 0.2) is 0 Å². The topological polar surface area (TPSA) is 93.0 Å². The number of halogens is 1. The predicted molar refractivity (Wildman–Crippen MR) is 154 cm³/mol. The molecule has 0 saturated heterocycles. The van der Waals surface area contributed by atoms with Gasteiger partial charge in [-0.15, -0.1) is 0 Å². The van der Waals surface area contributed by atoms with Crippen LogP contribution >= 0.6 is 0 Å². The number of benzene rings is 3. The van der Waals surface area contributed by atoms with Crippen LogP contribution < -0.4 is 16.0 Å². The summed E-state index contributed by atoms with van der Waals surface area (Å²) in [6.07, 6.45) is 3.64. The SMILES string of the molecule is CC(C)Cn1c2ccc(NC(=O)Nc3cccc(F)c3)cc2c2c3c(c4c(c21)CCc1nn(C)cc1-4)C(=O)NC3. The predicted octanol–water partition coefficient (Wildman–Crippen LogP) is 5.98. The normalized spacial score (nSPS) is 13.9. The Kier molecular flexibility index (Phi) is 5.45. The van der Waals surface area contributed by atoms with E-state index >= 15 is 0 Å². The van der Waals surface area contributed by atoms with Crippen LogP contribution in [0.15, 0.2) is 48.7 Å². The van der Waals surface area contributed by atoms with Gasteiger partial charge in [-0.1, -0.05) is 19.9 Å². The Hall–Kier alpha value is -4.66. The minimum atomic E-state index is -0.459. The van der Waals surface area contributed by atoms with Crippen molar-refractivity contribution >= 4 is 45.1 Å². The molecular weight excluding hydrogens is 507 g/mol. The van der Waals surface area contributed by atoms with Crippen molar-refractivity contribution in [3.8, 4) is 11.1 Å². The van der Waals surface area contributed by atoms with Crippen LogP contribution in [0.3, 0.4) is 0 Å². The first kappa shape index (κ1) is 24.4. The minimum Gasteiger partial charge on any atom is -0.348 e. The number of amides is 3. The minimum absolute atomic E-state index is 0.0571. The molecule has 2 aromatic heterocycles. The van der Waals surface area contributed by atoms with Gasteiger partial charge in [-0.2, -0.15) is 5.10 Å². The monoisotopic (exact) mass is 536 g/mol. The standard InChI is InChI=1S/C31H29FN6O2/c1-16(2)14-38-25-10-7-19(35-31(40)34-18-6-4-5-17(32)11-18)12-21(25)27-22-13-33-30(39)28(22)26-20(29(27)38)8-9-24-23(26)15-37(3)36-24/h4-7,10-12,15-16H,8-9,13-14H2,1-3H3,(H,33,39)(H2,34,35,40). The maximum Gasteiger partial charge on any atom is 0.323 e. The van der Waals surface area contributed by atoms with Crippen LogP contribution in [-0.2, 0) is 33.0 Å². The molecule has 0 radical (unpaired) electrons. The van der Waals surface area contributed by atoms with Gasteiger partial charge >= 0.3 is 6.03 Å². The van der Waals surface area contributed by atoms with Gasteiger partial charge in [-0.3, -0.25) is 9.48 Å². The fraction of sp³-hybridized carbons (Fsp3) is 0.258. The Labute approximate surface area is 230 Å². The number of hydrogen-bond acceptors (Lipinski definition) is 3. The Morgan fingerprint density at radius 3 is 2.65 bits per heavy atom. The molecule has 3 aromatic carbocycles. The number of urea groups is 1. The van der Waals surface area contributed by atoms with Gasteiger partial charge in [-0.05, 0) is 66.3 Å². The number of carbonyl (C=O) groups excluding carboxylic acids is 2. The number of nitrogens with one attached hydrogen (secondary N) is 3. The molecule has 3 amide bonds. The van der Waals surface area contributed by atoms with Crippen LogP contribution in [0.2, 0.25) is 0 Å². The molecule has 0 saturated carbocycles. The molecule has 9 heteroatoms. The molecule has 0 unspecified atom stereocenters. The molecule has 5 aromatic rings. The number of fused-ring (bicyclic) bond motifs is 10. The molecule has 3 heterocycles. The van der Waals surface area contributed by atoms with E-state index in [2.05, 4.69) is 39.5 Å². The summed E-state index contributed by atoms with van der Waals surface area (Å²) in [5.74, 6) is -0.0795. The van der Waals surface area contributed by atoms with Gasteiger partial charge in [-0.25, -0.2) is 9.18 Å². The highest BCUT2D eigenvalue weighted by atomic mass is 19.1. The summed E-state index contributed by atoms with van der Waals surface area (Å²) in [6.45, 7) is 5.67. The summed E-state index contributed by atoms with van der Waals surface area (Å²) in [4.78, 5) is 26.1. The van der Waals surface area contributed by atoms with Gasteiger partial charge in [0.05, 0.1) is 16.8 Å². The number of hydrogen-bond donors (Lipinski definition) is 3. The molecule has 40 heavy (non-hydrogen) atoms. The fourth-order valence-electron chi connectivity index (χ4n) is 6.41. The lowest BCUT2D eigenvalue weighted by molar-refractivity contribution is 0.0966. The fourth-order valence-corrected chi connectivity index (χ4v) is 6.41. The number of rotatable bonds is 4. The molecule has 1 aliphatic carbocycles. The van der Waals surface area contributed by atoms with Crippen LogP contribution in [0.4, 0.5) is 20.6 Å². The first-order valence-electron chi connectivity index (χ1n) is 13.6. The van der Waals surface area contributed by atoms with E-state index in [4.69, 9.17) is 0 Å². The van der Waals surface area contributed by atoms with Crippen molar-refractivity contribution in [1.82, 2.24) is 19.7 Å². The van der Waals surface area contributed by atoms with Gasteiger partial charge in [0.1, 0.15) is 5.82 Å². The number of aromatic nitrogens is 3. The van der Waals surface area contributed by atoms with Crippen molar-refractivity contribution in [3.63, 3.8) is 0 Å². The Morgan fingerprint density at radius 1 is 1.07 bits per heavy atom. The molecule has 7 rings (SSSR count). The van der Waals surface area contributed by atoms with Crippen LogP contribution in [0, 0.1) is 11.7 Å². The second kappa shape index (κ2) is 8.94. The Morgan fingerprint density at radius 2 is 1.88 bits per heavy atom. The van der Waals surface area contributed by atoms with Crippen molar-refractivity contribution in [2.24, 2.45) is 13.0 Å².